The van der Waals surface area contributed by atoms with Gasteiger partial charge >= 0.3 is 0 Å². The van der Waals surface area contributed by atoms with Crippen molar-refractivity contribution in [3.63, 3.8) is 0 Å². The highest BCUT2D eigenvalue weighted by Crippen LogP contribution is 2.27. The number of pyridine rings is 1. The number of para-hydroxylation sites is 1. The quantitative estimate of drug-likeness (QED) is 0.485. The lowest BCUT2D eigenvalue weighted by Crippen LogP contribution is -2.30. The maximum Gasteiger partial charge on any atom is 0.269 e. The number of nitro groups is 1. The highest BCUT2D eigenvalue weighted by Gasteiger charge is 2.22. The molecule has 3 aromatic rings. The first-order chi connectivity index (χ1) is 13.8. The molecule has 0 bridgehead atoms. The number of hydrogen-bond donors (Lipinski definition) is 2. The van der Waals surface area contributed by atoms with E-state index in [4.69, 9.17) is 0 Å². The summed E-state index contributed by atoms with van der Waals surface area (Å²) in [6.07, 6.45) is 0.734. The maximum absolute atomic E-state index is 13.0. The van der Waals surface area contributed by atoms with E-state index < -0.39 is 16.4 Å². The lowest BCUT2D eigenvalue weighted by molar-refractivity contribution is -0.384. The van der Waals surface area contributed by atoms with Gasteiger partial charge in [-0.1, -0.05) is 26.0 Å². The molecule has 0 aliphatic heterocycles. The number of aromatic hydroxyl groups is 1. The fraction of sp³-hybridized carbons (Fsp3) is 0.238. The van der Waals surface area contributed by atoms with E-state index in [1.807, 2.05) is 13.8 Å². The Hall–Kier alpha value is -3.68. The van der Waals surface area contributed by atoms with Gasteiger partial charge in [0.15, 0.2) is 0 Å². The average molecular weight is 395 g/mol. The summed E-state index contributed by atoms with van der Waals surface area (Å²) in [4.78, 5) is 36.0. The lowest BCUT2D eigenvalue weighted by Gasteiger charge is -2.16. The smallest absolute Gasteiger partial charge is 0.269 e. The van der Waals surface area contributed by atoms with Crippen LogP contribution in [0.2, 0.25) is 0 Å². The third-order valence-electron chi connectivity index (χ3n) is 4.64. The van der Waals surface area contributed by atoms with Crippen LogP contribution in [0.25, 0.3) is 10.9 Å². The number of rotatable bonds is 6. The molecule has 2 aromatic carbocycles. The number of hydrogen-bond acceptors (Lipinski definition) is 5. The Morgan fingerprint density at radius 3 is 2.45 bits per heavy atom. The summed E-state index contributed by atoms with van der Waals surface area (Å²) in [6, 6.07) is 12.1. The fourth-order valence-corrected chi connectivity index (χ4v) is 3.06. The van der Waals surface area contributed by atoms with Crippen LogP contribution in [-0.2, 0) is 6.54 Å². The first-order valence-corrected chi connectivity index (χ1v) is 9.20. The molecular formula is C21H21N3O5. The van der Waals surface area contributed by atoms with Crippen molar-refractivity contribution in [2.75, 3.05) is 5.32 Å². The average Bonchev–Trinajstić information content (AvgIpc) is 2.68. The third-order valence-corrected chi connectivity index (χ3v) is 4.64. The molecule has 150 valence electrons. The normalized spacial score (nSPS) is 11.0. The van der Waals surface area contributed by atoms with E-state index in [9.17, 15) is 24.8 Å². The van der Waals surface area contributed by atoms with Crippen molar-refractivity contribution in [3.8, 4) is 5.75 Å². The second-order valence-electron chi connectivity index (χ2n) is 7.14. The van der Waals surface area contributed by atoms with Crippen LogP contribution < -0.4 is 10.9 Å². The number of amides is 1. The zero-order valence-corrected chi connectivity index (χ0v) is 16.1. The molecule has 0 atom stereocenters. The predicted molar refractivity (Wildman–Crippen MR) is 110 cm³/mol. The van der Waals surface area contributed by atoms with Gasteiger partial charge in [-0.3, -0.25) is 19.7 Å². The number of aromatic nitrogens is 1. The Morgan fingerprint density at radius 1 is 1.17 bits per heavy atom. The second-order valence-corrected chi connectivity index (χ2v) is 7.14. The Morgan fingerprint density at radius 2 is 1.83 bits per heavy atom. The number of fused-ring (bicyclic) bond motifs is 1. The van der Waals surface area contributed by atoms with Gasteiger partial charge < -0.3 is 15.0 Å². The van der Waals surface area contributed by atoms with E-state index in [1.54, 1.807) is 24.3 Å². The van der Waals surface area contributed by atoms with Crippen LogP contribution in [0.3, 0.4) is 0 Å². The topological polar surface area (TPSA) is 114 Å². The molecule has 8 heteroatoms. The summed E-state index contributed by atoms with van der Waals surface area (Å²) in [5.41, 5.74) is -0.219. The summed E-state index contributed by atoms with van der Waals surface area (Å²) in [7, 11) is 0. The molecule has 0 fully saturated rings. The molecule has 0 saturated heterocycles. The zero-order chi connectivity index (χ0) is 21.1. The van der Waals surface area contributed by atoms with Crippen LogP contribution in [0.5, 0.6) is 5.75 Å². The van der Waals surface area contributed by atoms with Crippen molar-refractivity contribution in [1.29, 1.82) is 0 Å². The minimum Gasteiger partial charge on any atom is -0.506 e. The van der Waals surface area contributed by atoms with E-state index in [0.717, 1.165) is 6.42 Å². The van der Waals surface area contributed by atoms with Crippen molar-refractivity contribution in [2.24, 2.45) is 5.92 Å². The summed E-state index contributed by atoms with van der Waals surface area (Å²) >= 11 is 0. The Balaban J connectivity index is 2.04. The van der Waals surface area contributed by atoms with Crippen LogP contribution in [0, 0.1) is 16.0 Å². The molecule has 0 aliphatic carbocycles. The molecule has 0 unspecified atom stereocenters. The standard InChI is InChI=1S/C21H21N3O5/c1-13(2)11-12-23-17-6-4-3-5-16(17)19(25)18(21(23)27)20(26)22-14-7-9-15(10-8-14)24(28)29/h3-10,13,25H,11-12H2,1-2H3,(H,22,26). The van der Waals surface area contributed by atoms with Crippen LogP contribution in [0.15, 0.2) is 53.3 Å². The van der Waals surface area contributed by atoms with Gasteiger partial charge in [0.1, 0.15) is 11.3 Å². The summed E-state index contributed by atoms with van der Waals surface area (Å²) in [5, 5.41) is 24.3. The molecule has 0 aliphatic rings. The molecule has 0 radical (unpaired) electrons. The number of carbonyl (C=O) groups excluding carboxylic acids is 1. The minimum atomic E-state index is -0.773. The van der Waals surface area contributed by atoms with Crippen LogP contribution in [-0.4, -0.2) is 20.5 Å². The largest absolute Gasteiger partial charge is 0.506 e. The number of nitro benzene ring substituents is 1. The van der Waals surface area contributed by atoms with Gasteiger partial charge in [-0.05, 0) is 36.6 Å². The molecule has 8 nitrogen and oxygen atoms in total. The fourth-order valence-electron chi connectivity index (χ4n) is 3.06. The molecule has 3 rings (SSSR count). The Labute approximate surface area is 166 Å². The number of nitrogens with one attached hydrogen (secondary N) is 1. The molecule has 1 amide bonds. The molecular weight excluding hydrogens is 374 g/mol. The van der Waals surface area contributed by atoms with Crippen molar-refractivity contribution in [1.82, 2.24) is 4.57 Å². The van der Waals surface area contributed by atoms with Crippen molar-refractivity contribution in [2.45, 2.75) is 26.8 Å². The molecule has 2 N–H and O–H groups in total. The van der Waals surface area contributed by atoms with Gasteiger partial charge in [0.2, 0.25) is 0 Å². The van der Waals surface area contributed by atoms with Crippen molar-refractivity contribution < 1.29 is 14.8 Å². The number of non-ortho nitro benzene ring substituents is 1. The Kier molecular flexibility index (Phi) is 5.63. The maximum atomic E-state index is 13.0. The number of carbonyl (C=O) groups is 1. The molecule has 1 heterocycles. The lowest BCUT2D eigenvalue weighted by atomic mass is 10.1. The van der Waals surface area contributed by atoms with Gasteiger partial charge in [0, 0.05) is 29.8 Å². The number of nitrogens with zero attached hydrogens (tertiary/aromatic N) is 2. The monoisotopic (exact) mass is 395 g/mol. The third kappa shape index (κ3) is 4.11. The van der Waals surface area contributed by atoms with Crippen LogP contribution in [0.1, 0.15) is 30.6 Å². The van der Waals surface area contributed by atoms with Gasteiger partial charge in [-0.25, -0.2) is 0 Å². The van der Waals surface area contributed by atoms with Gasteiger partial charge in [0.25, 0.3) is 17.2 Å². The van der Waals surface area contributed by atoms with Crippen LogP contribution >= 0.6 is 0 Å². The zero-order valence-electron chi connectivity index (χ0n) is 16.1. The second kappa shape index (κ2) is 8.14. The van der Waals surface area contributed by atoms with Gasteiger partial charge in [0.05, 0.1) is 10.4 Å². The molecule has 1 aromatic heterocycles. The van der Waals surface area contributed by atoms with Crippen molar-refractivity contribution >= 4 is 28.2 Å². The Bertz CT molecular complexity index is 1130. The van der Waals surface area contributed by atoms with E-state index in [-0.39, 0.29) is 22.7 Å². The first-order valence-electron chi connectivity index (χ1n) is 9.20. The van der Waals surface area contributed by atoms with E-state index in [0.29, 0.717) is 23.4 Å². The van der Waals surface area contributed by atoms with Gasteiger partial charge in [-0.15, -0.1) is 0 Å². The van der Waals surface area contributed by atoms with E-state index in [2.05, 4.69) is 5.32 Å². The van der Waals surface area contributed by atoms with E-state index >= 15 is 0 Å². The van der Waals surface area contributed by atoms with Crippen LogP contribution in [0.4, 0.5) is 11.4 Å². The van der Waals surface area contributed by atoms with Crippen molar-refractivity contribution in [3.05, 3.63) is 74.6 Å². The molecule has 29 heavy (non-hydrogen) atoms. The number of anilines is 1. The van der Waals surface area contributed by atoms with Gasteiger partial charge in [-0.2, -0.15) is 0 Å². The molecule has 0 spiro atoms. The summed E-state index contributed by atoms with van der Waals surface area (Å²) in [5.74, 6) is -0.803. The summed E-state index contributed by atoms with van der Waals surface area (Å²) in [6.45, 7) is 4.49. The first kappa shape index (κ1) is 20.1. The predicted octanol–water partition coefficient (Wildman–Crippen LogP) is 3.91. The SMILES string of the molecule is CC(C)CCn1c(=O)c(C(=O)Nc2ccc([N+](=O)[O-])cc2)c(O)c2ccccc21. The molecule has 0 saturated carbocycles. The number of benzene rings is 2. The highest BCUT2D eigenvalue weighted by molar-refractivity contribution is 6.09. The highest BCUT2D eigenvalue weighted by atomic mass is 16.6. The summed E-state index contributed by atoms with van der Waals surface area (Å²) < 4.78 is 1.50. The van der Waals surface area contributed by atoms with E-state index in [1.165, 1.54) is 28.8 Å². The number of aryl methyl sites for hydroxylation is 1. The minimum absolute atomic E-state index is 0.118.